The lowest BCUT2D eigenvalue weighted by Gasteiger charge is -2.16. The average molecular weight is 267 g/mol. The van der Waals surface area contributed by atoms with E-state index in [1.54, 1.807) is 0 Å². The van der Waals surface area contributed by atoms with Gasteiger partial charge in [-0.1, -0.05) is 54.4 Å². The third kappa shape index (κ3) is 3.47. The molecule has 2 nitrogen and oxygen atoms in total. The van der Waals surface area contributed by atoms with Gasteiger partial charge in [-0.15, -0.1) is 0 Å². The van der Waals surface area contributed by atoms with Crippen LogP contribution in [0.25, 0.3) is 0 Å². The fourth-order valence-electron chi connectivity index (χ4n) is 2.24. The number of anilines is 1. The van der Waals surface area contributed by atoms with Gasteiger partial charge in [0, 0.05) is 5.69 Å². The minimum absolute atomic E-state index is 0.0557. The number of hydrogen-bond acceptors (Lipinski definition) is 1. The minimum Gasteiger partial charge on any atom is -0.326 e. The van der Waals surface area contributed by atoms with E-state index in [9.17, 15) is 4.79 Å². The van der Waals surface area contributed by atoms with Crippen LogP contribution < -0.4 is 5.32 Å². The van der Waals surface area contributed by atoms with Gasteiger partial charge in [-0.05, 0) is 38.0 Å². The minimum atomic E-state index is -0.100. The Morgan fingerprint density at radius 2 is 1.45 bits per heavy atom. The smallest absolute Gasteiger partial charge is 0.231 e. The molecule has 2 heteroatoms. The van der Waals surface area contributed by atoms with Crippen LogP contribution in [0.2, 0.25) is 0 Å². The SMILES string of the molecule is CC[C@H](C(=O)Nc1ccc(C)cc1)c1ccc(C)cc1. The van der Waals surface area contributed by atoms with Crippen molar-refractivity contribution in [2.45, 2.75) is 33.1 Å². The Hall–Kier alpha value is -2.09. The maximum absolute atomic E-state index is 12.4. The van der Waals surface area contributed by atoms with Gasteiger partial charge < -0.3 is 5.32 Å². The normalized spacial score (nSPS) is 11.9. The molecule has 0 saturated heterocycles. The van der Waals surface area contributed by atoms with Gasteiger partial charge in [0.05, 0.1) is 5.92 Å². The van der Waals surface area contributed by atoms with Crippen molar-refractivity contribution in [3.8, 4) is 0 Å². The lowest BCUT2D eigenvalue weighted by atomic mass is 9.94. The largest absolute Gasteiger partial charge is 0.326 e. The number of carbonyl (C=O) groups is 1. The molecule has 2 rings (SSSR count). The van der Waals surface area contributed by atoms with Crippen molar-refractivity contribution in [3.63, 3.8) is 0 Å². The van der Waals surface area contributed by atoms with E-state index in [-0.39, 0.29) is 11.8 Å². The zero-order chi connectivity index (χ0) is 14.5. The second-order valence-electron chi connectivity index (χ2n) is 5.23. The van der Waals surface area contributed by atoms with Crippen molar-refractivity contribution in [3.05, 3.63) is 65.2 Å². The molecule has 0 saturated carbocycles. The fourth-order valence-corrected chi connectivity index (χ4v) is 2.24. The zero-order valence-electron chi connectivity index (χ0n) is 12.3. The number of nitrogens with one attached hydrogen (secondary N) is 1. The Morgan fingerprint density at radius 1 is 0.950 bits per heavy atom. The van der Waals surface area contributed by atoms with Crippen LogP contribution in [0, 0.1) is 13.8 Å². The van der Waals surface area contributed by atoms with E-state index in [0.717, 1.165) is 17.7 Å². The van der Waals surface area contributed by atoms with Crippen LogP contribution in [0.5, 0.6) is 0 Å². The van der Waals surface area contributed by atoms with Crippen LogP contribution in [-0.2, 0) is 4.79 Å². The molecule has 104 valence electrons. The number of benzene rings is 2. The highest BCUT2D eigenvalue weighted by molar-refractivity contribution is 5.95. The van der Waals surface area contributed by atoms with E-state index in [4.69, 9.17) is 0 Å². The number of amides is 1. The van der Waals surface area contributed by atoms with Gasteiger partial charge >= 0.3 is 0 Å². The van der Waals surface area contributed by atoms with E-state index in [1.807, 2.05) is 50.2 Å². The van der Waals surface area contributed by atoms with Crippen molar-refractivity contribution >= 4 is 11.6 Å². The molecule has 20 heavy (non-hydrogen) atoms. The predicted octanol–water partition coefficient (Wildman–Crippen LogP) is 4.44. The molecule has 0 aliphatic rings. The highest BCUT2D eigenvalue weighted by Crippen LogP contribution is 2.22. The molecule has 2 aromatic rings. The molecule has 0 unspecified atom stereocenters. The van der Waals surface area contributed by atoms with E-state index >= 15 is 0 Å². The first-order chi connectivity index (χ1) is 9.60. The summed E-state index contributed by atoms with van der Waals surface area (Å²) in [6.07, 6.45) is 0.792. The average Bonchev–Trinajstić information content (AvgIpc) is 2.44. The molecule has 0 bridgehead atoms. The highest BCUT2D eigenvalue weighted by atomic mass is 16.1. The molecule has 2 aromatic carbocycles. The van der Waals surface area contributed by atoms with Gasteiger partial charge in [0.15, 0.2) is 0 Å². The summed E-state index contributed by atoms with van der Waals surface area (Å²) in [6.45, 7) is 6.13. The van der Waals surface area contributed by atoms with E-state index in [1.165, 1.54) is 11.1 Å². The molecule has 0 aliphatic carbocycles. The van der Waals surface area contributed by atoms with Crippen molar-refractivity contribution in [2.75, 3.05) is 5.32 Å². The van der Waals surface area contributed by atoms with Crippen LogP contribution in [-0.4, -0.2) is 5.91 Å². The maximum Gasteiger partial charge on any atom is 0.231 e. The third-order valence-electron chi connectivity index (χ3n) is 3.52. The van der Waals surface area contributed by atoms with Crippen LogP contribution >= 0.6 is 0 Å². The number of rotatable bonds is 4. The van der Waals surface area contributed by atoms with Gasteiger partial charge in [0.25, 0.3) is 0 Å². The number of carbonyl (C=O) groups excluding carboxylic acids is 1. The maximum atomic E-state index is 12.4. The predicted molar refractivity (Wildman–Crippen MR) is 84.0 cm³/mol. The second-order valence-corrected chi connectivity index (χ2v) is 5.23. The van der Waals surface area contributed by atoms with Crippen molar-refractivity contribution in [1.29, 1.82) is 0 Å². The quantitative estimate of drug-likeness (QED) is 0.872. The van der Waals surface area contributed by atoms with Crippen LogP contribution in [0.4, 0.5) is 5.69 Å². The topological polar surface area (TPSA) is 29.1 Å². The van der Waals surface area contributed by atoms with Crippen LogP contribution in [0.3, 0.4) is 0 Å². The summed E-state index contributed by atoms with van der Waals surface area (Å²) < 4.78 is 0. The molecule has 0 aliphatic heterocycles. The molecule has 0 aromatic heterocycles. The lowest BCUT2D eigenvalue weighted by molar-refractivity contribution is -0.117. The fraction of sp³-hybridized carbons (Fsp3) is 0.278. The van der Waals surface area contributed by atoms with Crippen molar-refractivity contribution in [2.24, 2.45) is 0 Å². The number of hydrogen-bond donors (Lipinski definition) is 1. The Labute approximate surface area is 120 Å². The van der Waals surface area contributed by atoms with Gasteiger partial charge in [-0.25, -0.2) is 0 Å². The van der Waals surface area contributed by atoms with E-state index in [2.05, 4.69) is 24.4 Å². The molecule has 0 spiro atoms. The molecule has 0 radical (unpaired) electrons. The molecular formula is C18H21NO. The van der Waals surface area contributed by atoms with E-state index < -0.39 is 0 Å². The summed E-state index contributed by atoms with van der Waals surface area (Å²) >= 11 is 0. The van der Waals surface area contributed by atoms with Crippen molar-refractivity contribution in [1.82, 2.24) is 0 Å². The molecule has 0 heterocycles. The monoisotopic (exact) mass is 267 g/mol. The first-order valence-electron chi connectivity index (χ1n) is 7.04. The van der Waals surface area contributed by atoms with E-state index in [0.29, 0.717) is 0 Å². The molecule has 1 amide bonds. The molecular weight excluding hydrogens is 246 g/mol. The third-order valence-corrected chi connectivity index (χ3v) is 3.52. The molecule has 1 N–H and O–H groups in total. The van der Waals surface area contributed by atoms with Crippen LogP contribution in [0.15, 0.2) is 48.5 Å². The summed E-state index contributed by atoms with van der Waals surface area (Å²) in [5.74, 6) is -0.0443. The summed E-state index contributed by atoms with van der Waals surface area (Å²) in [5, 5.41) is 2.99. The lowest BCUT2D eigenvalue weighted by Crippen LogP contribution is -2.20. The standard InChI is InChI=1S/C18H21NO/c1-4-17(15-9-5-13(2)6-10-15)18(20)19-16-11-7-14(3)8-12-16/h5-12,17H,4H2,1-3H3,(H,19,20)/t17-/m0/s1. The highest BCUT2D eigenvalue weighted by Gasteiger charge is 2.18. The summed E-state index contributed by atoms with van der Waals surface area (Å²) in [4.78, 5) is 12.4. The summed E-state index contributed by atoms with van der Waals surface area (Å²) in [7, 11) is 0. The van der Waals surface area contributed by atoms with Gasteiger partial charge in [0.2, 0.25) is 5.91 Å². The second kappa shape index (κ2) is 6.38. The molecule has 0 fully saturated rings. The summed E-state index contributed by atoms with van der Waals surface area (Å²) in [5.41, 5.74) is 4.32. The summed E-state index contributed by atoms with van der Waals surface area (Å²) in [6, 6.07) is 16.1. The molecule has 1 atom stereocenters. The Kier molecular flexibility index (Phi) is 4.57. The first-order valence-corrected chi connectivity index (χ1v) is 7.04. The van der Waals surface area contributed by atoms with Crippen molar-refractivity contribution < 1.29 is 4.79 Å². The Morgan fingerprint density at radius 3 is 1.95 bits per heavy atom. The van der Waals surface area contributed by atoms with Crippen LogP contribution in [0.1, 0.15) is 36.0 Å². The van der Waals surface area contributed by atoms with Gasteiger partial charge in [-0.3, -0.25) is 4.79 Å². The van der Waals surface area contributed by atoms with Gasteiger partial charge in [-0.2, -0.15) is 0 Å². The Bertz CT molecular complexity index is 569. The number of aryl methyl sites for hydroxylation is 2. The Balaban J connectivity index is 2.13. The van der Waals surface area contributed by atoms with Gasteiger partial charge in [0.1, 0.15) is 0 Å². The zero-order valence-corrected chi connectivity index (χ0v) is 12.3. The first kappa shape index (κ1) is 14.3.